The Morgan fingerprint density at radius 3 is 1.15 bits per heavy atom. The van der Waals surface area contributed by atoms with E-state index in [4.69, 9.17) is 9.47 Å². The summed E-state index contributed by atoms with van der Waals surface area (Å²) in [6, 6.07) is -0.830. The summed E-state index contributed by atoms with van der Waals surface area (Å²) in [7, 11) is 0. The van der Waals surface area contributed by atoms with Gasteiger partial charge in [-0.05, 0) is 77.0 Å². The molecule has 0 spiro atoms. The molecule has 0 aromatic rings. The van der Waals surface area contributed by atoms with E-state index in [-0.39, 0.29) is 12.5 Å². The summed E-state index contributed by atoms with van der Waals surface area (Å²) in [6.07, 6.45) is 73.2. The molecule has 1 aliphatic heterocycles. The minimum Gasteiger partial charge on any atom is -0.394 e. The van der Waals surface area contributed by atoms with Crippen molar-refractivity contribution in [3.05, 3.63) is 60.8 Å². The monoisotopic (exact) mass is 1100 g/mol. The van der Waals surface area contributed by atoms with Gasteiger partial charge in [0, 0.05) is 6.42 Å². The van der Waals surface area contributed by atoms with E-state index < -0.39 is 49.5 Å². The van der Waals surface area contributed by atoms with Gasteiger partial charge in [-0.3, -0.25) is 4.79 Å². The lowest BCUT2D eigenvalue weighted by Crippen LogP contribution is -2.60. The van der Waals surface area contributed by atoms with E-state index in [1.165, 1.54) is 244 Å². The Kier molecular flexibility index (Phi) is 55.0. The molecule has 1 rings (SSSR count). The zero-order chi connectivity index (χ0) is 56.5. The molecular weight excluding hydrogens is 971 g/mol. The SMILES string of the molecule is CCCCCCC/C=C\C/C=C\CCCCCCCCCCCCCCCCCCCCCCCC(=O)NC(COC1OC(CO)C(O)C(O)C1O)C(O)/C=C/CC/C=C/CC/C=C/CCCCCCCCCCCCCC. The molecule has 0 bridgehead atoms. The van der Waals surface area contributed by atoms with Crippen molar-refractivity contribution in [1.82, 2.24) is 5.32 Å². The predicted molar refractivity (Wildman–Crippen MR) is 332 cm³/mol. The first-order valence-corrected chi connectivity index (χ1v) is 33.5. The van der Waals surface area contributed by atoms with Crippen LogP contribution in [0.2, 0.25) is 0 Å². The highest BCUT2D eigenvalue weighted by molar-refractivity contribution is 5.76. The number of nitrogens with one attached hydrogen (secondary N) is 1. The molecule has 7 unspecified atom stereocenters. The maximum atomic E-state index is 13.1. The molecule has 1 amide bonds. The molecule has 1 aliphatic rings. The third-order valence-corrected chi connectivity index (χ3v) is 15.8. The maximum Gasteiger partial charge on any atom is 0.220 e. The molecule has 1 fully saturated rings. The number of unbranched alkanes of at least 4 members (excludes halogenated alkanes) is 40. The Morgan fingerprint density at radius 2 is 0.769 bits per heavy atom. The molecule has 456 valence electrons. The van der Waals surface area contributed by atoms with E-state index in [2.05, 4.69) is 67.8 Å². The Hall–Kier alpha value is -2.11. The summed E-state index contributed by atoms with van der Waals surface area (Å²) in [5, 5.41) is 54.6. The zero-order valence-electron chi connectivity index (χ0n) is 50.9. The number of amides is 1. The van der Waals surface area contributed by atoms with Crippen LogP contribution in [0.1, 0.15) is 316 Å². The van der Waals surface area contributed by atoms with Crippen LogP contribution >= 0.6 is 0 Å². The van der Waals surface area contributed by atoms with E-state index >= 15 is 0 Å². The highest BCUT2D eigenvalue weighted by Gasteiger charge is 2.44. The molecule has 0 aromatic heterocycles. The van der Waals surface area contributed by atoms with Crippen molar-refractivity contribution in [2.24, 2.45) is 0 Å². The standard InChI is InChI=1S/C69H127NO8/c1-3-5-7-9-11-13-15-17-19-21-23-25-27-28-29-30-31-32-33-34-35-36-37-39-41-43-45-47-49-51-53-55-57-59-65(73)70-62(61-77-69-68(76)67(75)66(74)64(60-71)78-69)63(72)58-56-54-52-50-48-46-44-42-40-38-26-24-22-20-18-16-14-12-10-8-6-4-2/h15,17,21,23,40,42,48,50,56,58,62-64,66-69,71-72,74-76H,3-14,16,18-20,22,24-39,41,43-47,49,51-55,57,59-61H2,1-2H3,(H,70,73)/b17-15-,23-21-,42-40+,50-48+,58-56+. The van der Waals surface area contributed by atoms with E-state index in [0.29, 0.717) is 6.42 Å². The van der Waals surface area contributed by atoms with Gasteiger partial charge in [0.25, 0.3) is 0 Å². The molecule has 0 aliphatic carbocycles. The van der Waals surface area contributed by atoms with Crippen LogP contribution in [0.3, 0.4) is 0 Å². The Balaban J connectivity index is 2.15. The van der Waals surface area contributed by atoms with Crippen molar-refractivity contribution >= 4 is 5.91 Å². The molecule has 1 saturated heterocycles. The van der Waals surface area contributed by atoms with Crippen molar-refractivity contribution in [1.29, 1.82) is 0 Å². The van der Waals surface area contributed by atoms with Gasteiger partial charge in [0.05, 0.1) is 25.4 Å². The zero-order valence-corrected chi connectivity index (χ0v) is 50.9. The number of allylic oxidation sites excluding steroid dienone is 9. The smallest absolute Gasteiger partial charge is 0.220 e. The fourth-order valence-corrected chi connectivity index (χ4v) is 10.5. The van der Waals surface area contributed by atoms with Crippen LogP contribution in [0, 0.1) is 0 Å². The summed E-state index contributed by atoms with van der Waals surface area (Å²) in [6.45, 7) is 3.78. The molecule has 6 N–H and O–H groups in total. The van der Waals surface area contributed by atoms with Crippen molar-refractivity contribution < 1.29 is 39.8 Å². The van der Waals surface area contributed by atoms with Crippen LogP contribution in [-0.2, 0) is 14.3 Å². The van der Waals surface area contributed by atoms with Crippen LogP contribution in [0.25, 0.3) is 0 Å². The first-order chi connectivity index (χ1) is 38.3. The molecule has 0 aromatic carbocycles. The third kappa shape index (κ3) is 46.5. The first-order valence-electron chi connectivity index (χ1n) is 33.5. The lowest BCUT2D eigenvalue weighted by atomic mass is 9.99. The number of hydrogen-bond acceptors (Lipinski definition) is 8. The van der Waals surface area contributed by atoms with Gasteiger partial charge in [-0.15, -0.1) is 0 Å². The van der Waals surface area contributed by atoms with Crippen molar-refractivity contribution in [2.75, 3.05) is 13.2 Å². The van der Waals surface area contributed by atoms with E-state index in [1.807, 2.05) is 6.08 Å². The number of ether oxygens (including phenoxy) is 2. The van der Waals surface area contributed by atoms with Gasteiger partial charge in [0.2, 0.25) is 5.91 Å². The molecule has 9 heteroatoms. The van der Waals surface area contributed by atoms with Gasteiger partial charge in [-0.25, -0.2) is 0 Å². The van der Waals surface area contributed by atoms with E-state index in [9.17, 15) is 30.3 Å². The Labute approximate surface area is 481 Å². The third-order valence-electron chi connectivity index (χ3n) is 15.8. The maximum absolute atomic E-state index is 13.1. The fourth-order valence-electron chi connectivity index (χ4n) is 10.5. The molecule has 0 radical (unpaired) electrons. The first kappa shape index (κ1) is 73.9. The number of rotatable bonds is 58. The second-order valence-corrected chi connectivity index (χ2v) is 23.2. The molecule has 78 heavy (non-hydrogen) atoms. The average molecular weight is 1100 g/mol. The number of carbonyl (C=O) groups is 1. The van der Waals surface area contributed by atoms with Crippen LogP contribution in [0.4, 0.5) is 0 Å². The fraction of sp³-hybridized carbons (Fsp3) is 0.841. The van der Waals surface area contributed by atoms with Gasteiger partial charge >= 0.3 is 0 Å². The summed E-state index contributed by atoms with van der Waals surface area (Å²) in [4.78, 5) is 13.1. The molecule has 1 heterocycles. The van der Waals surface area contributed by atoms with Crippen molar-refractivity contribution in [3.8, 4) is 0 Å². The van der Waals surface area contributed by atoms with Gasteiger partial charge in [0.1, 0.15) is 24.4 Å². The topological polar surface area (TPSA) is 149 Å². The number of hydrogen-bond donors (Lipinski definition) is 6. The predicted octanol–water partition coefficient (Wildman–Crippen LogP) is 17.8. The number of aliphatic hydroxyl groups excluding tert-OH is 5. The highest BCUT2D eigenvalue weighted by Crippen LogP contribution is 2.23. The van der Waals surface area contributed by atoms with Crippen LogP contribution in [0.5, 0.6) is 0 Å². The summed E-state index contributed by atoms with van der Waals surface area (Å²) < 4.78 is 11.3. The van der Waals surface area contributed by atoms with Crippen LogP contribution in [-0.4, -0.2) is 87.5 Å². The van der Waals surface area contributed by atoms with E-state index in [0.717, 1.165) is 51.4 Å². The summed E-state index contributed by atoms with van der Waals surface area (Å²) >= 11 is 0. The Morgan fingerprint density at radius 1 is 0.436 bits per heavy atom. The quantitative estimate of drug-likeness (QED) is 0.0261. The lowest BCUT2D eigenvalue weighted by Gasteiger charge is -2.40. The molecular formula is C69H127NO8. The van der Waals surface area contributed by atoms with E-state index in [1.54, 1.807) is 6.08 Å². The lowest BCUT2D eigenvalue weighted by molar-refractivity contribution is -0.302. The Bertz CT molecular complexity index is 1410. The molecule has 0 saturated carbocycles. The van der Waals surface area contributed by atoms with Gasteiger partial charge in [-0.2, -0.15) is 0 Å². The average Bonchev–Trinajstić information content (AvgIpc) is 3.45. The molecule has 9 nitrogen and oxygen atoms in total. The van der Waals surface area contributed by atoms with Crippen LogP contribution in [0.15, 0.2) is 60.8 Å². The minimum absolute atomic E-state index is 0.186. The number of carbonyl (C=O) groups excluding carboxylic acids is 1. The summed E-state index contributed by atoms with van der Waals surface area (Å²) in [5.41, 5.74) is 0. The van der Waals surface area contributed by atoms with Gasteiger partial charge in [-0.1, -0.05) is 293 Å². The molecule has 7 atom stereocenters. The largest absolute Gasteiger partial charge is 0.394 e. The van der Waals surface area contributed by atoms with Gasteiger partial charge in [0.15, 0.2) is 6.29 Å². The minimum atomic E-state index is -1.58. The van der Waals surface area contributed by atoms with Crippen molar-refractivity contribution in [2.45, 2.75) is 358 Å². The van der Waals surface area contributed by atoms with Gasteiger partial charge < -0.3 is 40.3 Å². The normalized spacial score (nSPS) is 19.0. The second-order valence-electron chi connectivity index (χ2n) is 23.2. The second kappa shape index (κ2) is 58.1. The highest BCUT2D eigenvalue weighted by atomic mass is 16.7. The van der Waals surface area contributed by atoms with Crippen molar-refractivity contribution in [3.63, 3.8) is 0 Å². The summed E-state index contributed by atoms with van der Waals surface area (Å²) in [5.74, 6) is -0.186. The van der Waals surface area contributed by atoms with Crippen LogP contribution < -0.4 is 5.32 Å². The number of aliphatic hydroxyl groups is 5.